The van der Waals surface area contributed by atoms with Gasteiger partial charge in [-0.05, 0) is 43.3 Å². The molecule has 0 saturated heterocycles. The van der Waals surface area contributed by atoms with Gasteiger partial charge in [0.25, 0.3) is 0 Å². The molecule has 0 radical (unpaired) electrons. The number of carbonyl (C=O) groups excluding carboxylic acids is 1. The molecule has 29 heavy (non-hydrogen) atoms. The van der Waals surface area contributed by atoms with Crippen LogP contribution < -0.4 is 19.1 Å². The standard InChI is InChI=1S/C18H17F3N2O5S/c1-2-29(25,26)23(14-7-8-15-16(9-14)28-11-27-15)10-17(24)22-13-5-3-12(4-6-13)18(19,20)21/h3-9H,2,10-11H2,1H3,(H,22,24). The number of alkyl halides is 3. The van der Waals surface area contributed by atoms with Gasteiger partial charge in [-0.25, -0.2) is 8.42 Å². The van der Waals surface area contributed by atoms with Crippen LogP contribution in [0.2, 0.25) is 0 Å². The van der Waals surface area contributed by atoms with Gasteiger partial charge < -0.3 is 14.8 Å². The van der Waals surface area contributed by atoms with Crippen molar-refractivity contribution in [2.75, 3.05) is 28.7 Å². The normalized spacial score (nSPS) is 13.2. The van der Waals surface area contributed by atoms with Gasteiger partial charge in [0.1, 0.15) is 6.54 Å². The molecule has 1 aliphatic rings. The zero-order valence-electron chi connectivity index (χ0n) is 15.2. The average molecular weight is 430 g/mol. The summed E-state index contributed by atoms with van der Waals surface area (Å²) in [6.07, 6.45) is -4.49. The Bertz CT molecular complexity index is 1010. The smallest absolute Gasteiger partial charge is 0.416 e. The van der Waals surface area contributed by atoms with Crippen LogP contribution in [0.4, 0.5) is 24.5 Å². The average Bonchev–Trinajstić information content (AvgIpc) is 3.13. The van der Waals surface area contributed by atoms with Crippen LogP contribution in [-0.4, -0.2) is 33.4 Å². The summed E-state index contributed by atoms with van der Waals surface area (Å²) in [6, 6.07) is 8.30. The lowest BCUT2D eigenvalue weighted by Gasteiger charge is -2.23. The summed E-state index contributed by atoms with van der Waals surface area (Å²) >= 11 is 0. The van der Waals surface area contributed by atoms with Crippen molar-refractivity contribution in [3.05, 3.63) is 48.0 Å². The quantitative estimate of drug-likeness (QED) is 0.761. The Morgan fingerprint density at radius 2 is 1.76 bits per heavy atom. The monoisotopic (exact) mass is 430 g/mol. The highest BCUT2D eigenvalue weighted by molar-refractivity contribution is 7.92. The summed E-state index contributed by atoms with van der Waals surface area (Å²) in [4.78, 5) is 12.4. The van der Waals surface area contributed by atoms with Crippen molar-refractivity contribution in [1.29, 1.82) is 0 Å². The van der Waals surface area contributed by atoms with E-state index < -0.39 is 34.2 Å². The number of rotatable bonds is 6. The maximum Gasteiger partial charge on any atom is 0.416 e. The van der Waals surface area contributed by atoms with Crippen LogP contribution in [0.3, 0.4) is 0 Å². The predicted octanol–water partition coefficient (Wildman–Crippen LogP) is 3.23. The zero-order valence-corrected chi connectivity index (χ0v) is 16.0. The maximum absolute atomic E-state index is 12.6. The van der Waals surface area contributed by atoms with Crippen molar-refractivity contribution in [2.45, 2.75) is 13.1 Å². The third kappa shape index (κ3) is 4.73. The number of anilines is 2. The van der Waals surface area contributed by atoms with Gasteiger partial charge in [-0.3, -0.25) is 9.10 Å². The zero-order chi connectivity index (χ0) is 21.2. The molecule has 0 bridgehead atoms. The van der Waals surface area contributed by atoms with E-state index in [1.54, 1.807) is 0 Å². The van der Waals surface area contributed by atoms with Gasteiger partial charge in [-0.2, -0.15) is 13.2 Å². The predicted molar refractivity (Wildman–Crippen MR) is 99.4 cm³/mol. The highest BCUT2D eigenvalue weighted by Crippen LogP contribution is 2.36. The third-order valence-corrected chi connectivity index (χ3v) is 5.87. The lowest BCUT2D eigenvalue weighted by atomic mass is 10.2. The van der Waals surface area contributed by atoms with E-state index in [1.807, 2.05) is 0 Å². The molecular weight excluding hydrogens is 413 g/mol. The summed E-state index contributed by atoms with van der Waals surface area (Å²) in [5, 5.41) is 2.40. The summed E-state index contributed by atoms with van der Waals surface area (Å²) in [6.45, 7) is 0.883. The van der Waals surface area contributed by atoms with Crippen molar-refractivity contribution < 1.29 is 35.9 Å². The molecule has 0 atom stereocenters. The number of nitrogens with zero attached hydrogens (tertiary/aromatic N) is 1. The van der Waals surface area contributed by atoms with Crippen molar-refractivity contribution in [3.8, 4) is 11.5 Å². The van der Waals surface area contributed by atoms with Crippen LogP contribution in [-0.2, 0) is 21.0 Å². The molecule has 1 heterocycles. The number of hydrogen-bond donors (Lipinski definition) is 1. The largest absolute Gasteiger partial charge is 0.454 e. The molecule has 0 aliphatic carbocycles. The second kappa shape index (κ2) is 7.82. The van der Waals surface area contributed by atoms with Gasteiger partial charge in [0.15, 0.2) is 11.5 Å². The molecule has 11 heteroatoms. The van der Waals surface area contributed by atoms with Crippen LogP contribution in [0.5, 0.6) is 11.5 Å². The summed E-state index contributed by atoms with van der Waals surface area (Å²) in [5.41, 5.74) is -0.535. The number of amides is 1. The molecule has 1 aliphatic heterocycles. The summed E-state index contributed by atoms with van der Waals surface area (Å²) in [5.74, 6) is -0.159. The minimum absolute atomic E-state index is 0.00766. The fourth-order valence-electron chi connectivity index (χ4n) is 2.62. The molecule has 0 fully saturated rings. The van der Waals surface area contributed by atoms with Gasteiger partial charge in [0.05, 0.1) is 17.0 Å². The van der Waals surface area contributed by atoms with E-state index in [2.05, 4.69) is 5.32 Å². The van der Waals surface area contributed by atoms with E-state index in [4.69, 9.17) is 9.47 Å². The Kier molecular flexibility index (Phi) is 5.60. The van der Waals surface area contributed by atoms with E-state index >= 15 is 0 Å². The van der Waals surface area contributed by atoms with E-state index in [0.717, 1.165) is 28.6 Å². The third-order valence-electron chi connectivity index (χ3n) is 4.13. The molecule has 0 aromatic heterocycles. The van der Waals surface area contributed by atoms with Gasteiger partial charge in [-0.15, -0.1) is 0 Å². The molecule has 1 N–H and O–H groups in total. The van der Waals surface area contributed by atoms with E-state index in [1.165, 1.54) is 25.1 Å². The molecule has 3 rings (SSSR count). The van der Waals surface area contributed by atoms with Gasteiger partial charge in [0, 0.05) is 11.8 Å². The highest BCUT2D eigenvalue weighted by Gasteiger charge is 2.30. The van der Waals surface area contributed by atoms with Crippen molar-refractivity contribution in [3.63, 3.8) is 0 Å². The van der Waals surface area contributed by atoms with Crippen LogP contribution >= 0.6 is 0 Å². The second-order valence-corrected chi connectivity index (χ2v) is 8.25. The second-order valence-electron chi connectivity index (χ2n) is 6.07. The van der Waals surface area contributed by atoms with E-state index in [-0.39, 0.29) is 23.9 Å². The fraction of sp³-hybridized carbons (Fsp3) is 0.278. The van der Waals surface area contributed by atoms with Crippen molar-refractivity contribution in [1.82, 2.24) is 0 Å². The number of fused-ring (bicyclic) bond motifs is 1. The number of carbonyl (C=O) groups is 1. The molecule has 0 unspecified atom stereocenters. The lowest BCUT2D eigenvalue weighted by Crippen LogP contribution is -2.39. The molecular formula is C18H17F3N2O5S. The van der Waals surface area contributed by atoms with Crippen LogP contribution in [0.1, 0.15) is 12.5 Å². The van der Waals surface area contributed by atoms with Crippen molar-refractivity contribution in [2.24, 2.45) is 0 Å². The molecule has 1 amide bonds. The Balaban J connectivity index is 1.78. The maximum atomic E-state index is 12.6. The molecule has 2 aromatic carbocycles. The lowest BCUT2D eigenvalue weighted by molar-refractivity contribution is -0.137. The first-order chi connectivity index (χ1) is 13.6. The Hall–Kier alpha value is -2.95. The number of sulfonamides is 1. The fourth-order valence-corrected chi connectivity index (χ4v) is 3.68. The van der Waals surface area contributed by atoms with Gasteiger partial charge in [-0.1, -0.05) is 0 Å². The first kappa shape index (κ1) is 20.8. The van der Waals surface area contributed by atoms with E-state index in [0.29, 0.717) is 11.5 Å². The topological polar surface area (TPSA) is 84.9 Å². The number of nitrogens with one attached hydrogen (secondary N) is 1. The van der Waals surface area contributed by atoms with Gasteiger partial charge in [0.2, 0.25) is 22.7 Å². The van der Waals surface area contributed by atoms with Crippen LogP contribution in [0, 0.1) is 0 Å². The first-order valence-electron chi connectivity index (χ1n) is 8.47. The number of benzene rings is 2. The highest BCUT2D eigenvalue weighted by atomic mass is 32.2. The summed E-state index contributed by atoms with van der Waals surface area (Å²) < 4.78 is 74.2. The Morgan fingerprint density at radius 3 is 2.38 bits per heavy atom. The molecule has 156 valence electrons. The number of ether oxygens (including phenoxy) is 2. The molecule has 7 nitrogen and oxygen atoms in total. The van der Waals surface area contributed by atoms with Crippen molar-refractivity contribution >= 4 is 27.3 Å². The van der Waals surface area contributed by atoms with Gasteiger partial charge >= 0.3 is 6.18 Å². The minimum Gasteiger partial charge on any atom is -0.454 e. The number of halogens is 3. The Morgan fingerprint density at radius 1 is 1.10 bits per heavy atom. The van der Waals surface area contributed by atoms with E-state index in [9.17, 15) is 26.4 Å². The SMILES string of the molecule is CCS(=O)(=O)N(CC(=O)Nc1ccc(C(F)(F)F)cc1)c1ccc2c(c1)OCO2. The summed E-state index contributed by atoms with van der Waals surface area (Å²) in [7, 11) is -3.82. The minimum atomic E-state index is -4.49. The molecule has 2 aromatic rings. The van der Waals surface area contributed by atoms with Crippen LogP contribution in [0.15, 0.2) is 42.5 Å². The molecule has 0 spiro atoms. The van der Waals surface area contributed by atoms with Crippen LogP contribution in [0.25, 0.3) is 0 Å². The first-order valence-corrected chi connectivity index (χ1v) is 10.1. The Labute approximate surface area is 165 Å². The molecule has 0 saturated carbocycles. The number of hydrogen-bond acceptors (Lipinski definition) is 5.